The summed E-state index contributed by atoms with van der Waals surface area (Å²) in [5.41, 5.74) is 1.83. The highest BCUT2D eigenvalue weighted by molar-refractivity contribution is 5.94. The molecule has 1 aromatic rings. The summed E-state index contributed by atoms with van der Waals surface area (Å²) >= 11 is 0. The van der Waals surface area contributed by atoms with Crippen molar-refractivity contribution < 1.29 is 4.79 Å². The maximum Gasteiger partial charge on any atom is 0.159 e. The predicted octanol–water partition coefficient (Wildman–Crippen LogP) is 1.91. The van der Waals surface area contributed by atoms with Crippen LogP contribution < -0.4 is 10.6 Å². The Balaban J connectivity index is 2.39. The van der Waals surface area contributed by atoms with Crippen molar-refractivity contribution in [1.29, 1.82) is 0 Å². The number of carbonyl (C=O) groups excluding carboxylic acids is 1. The minimum absolute atomic E-state index is 0.108. The molecule has 0 atom stereocenters. The number of hydrogen-bond acceptors (Lipinski definition) is 3. The minimum Gasteiger partial charge on any atom is -0.385 e. The molecule has 3 nitrogen and oxygen atoms in total. The van der Waals surface area contributed by atoms with Crippen LogP contribution in [0.25, 0.3) is 0 Å². The van der Waals surface area contributed by atoms with E-state index in [1.807, 2.05) is 31.3 Å². The number of Topliss-reactive ketones (excluding diaryl/α,β-unsaturated/α-hetero) is 1. The van der Waals surface area contributed by atoms with E-state index < -0.39 is 0 Å². The van der Waals surface area contributed by atoms with Crippen LogP contribution in [0.15, 0.2) is 24.3 Å². The summed E-state index contributed by atoms with van der Waals surface area (Å²) < 4.78 is 0. The maximum absolute atomic E-state index is 11.0. The first-order chi connectivity index (χ1) is 7.24. The molecule has 0 radical (unpaired) electrons. The van der Waals surface area contributed by atoms with E-state index in [2.05, 4.69) is 10.6 Å². The lowest BCUT2D eigenvalue weighted by molar-refractivity contribution is 0.101. The van der Waals surface area contributed by atoms with Gasteiger partial charge in [0.1, 0.15) is 0 Å². The maximum atomic E-state index is 11.0. The van der Waals surface area contributed by atoms with Gasteiger partial charge in [-0.25, -0.2) is 0 Å². The van der Waals surface area contributed by atoms with Crippen LogP contribution in [0, 0.1) is 0 Å². The Labute approximate surface area is 90.9 Å². The van der Waals surface area contributed by atoms with Crippen molar-refractivity contribution in [2.24, 2.45) is 0 Å². The van der Waals surface area contributed by atoms with Crippen LogP contribution in [-0.2, 0) is 0 Å². The van der Waals surface area contributed by atoms with Crippen LogP contribution in [0.2, 0.25) is 0 Å². The van der Waals surface area contributed by atoms with Gasteiger partial charge >= 0.3 is 0 Å². The molecular formula is C12H18N2O. The Bertz CT molecular complexity index is 306. The molecule has 0 heterocycles. The molecular weight excluding hydrogens is 188 g/mol. The highest BCUT2D eigenvalue weighted by Gasteiger charge is 1.97. The average Bonchev–Trinajstić information content (AvgIpc) is 2.25. The van der Waals surface area contributed by atoms with Gasteiger partial charge in [-0.1, -0.05) is 0 Å². The van der Waals surface area contributed by atoms with Crippen LogP contribution in [-0.4, -0.2) is 25.9 Å². The van der Waals surface area contributed by atoms with E-state index in [9.17, 15) is 4.79 Å². The Morgan fingerprint density at radius 3 is 2.40 bits per heavy atom. The molecule has 0 saturated carbocycles. The summed E-state index contributed by atoms with van der Waals surface area (Å²) in [7, 11) is 1.95. The normalized spacial score (nSPS) is 10.0. The molecule has 0 aliphatic rings. The monoisotopic (exact) mass is 206 g/mol. The van der Waals surface area contributed by atoms with Gasteiger partial charge in [-0.15, -0.1) is 0 Å². The van der Waals surface area contributed by atoms with Crippen molar-refractivity contribution in [1.82, 2.24) is 5.32 Å². The predicted molar refractivity (Wildman–Crippen MR) is 63.5 cm³/mol. The van der Waals surface area contributed by atoms with Crippen LogP contribution in [0.1, 0.15) is 23.7 Å². The van der Waals surface area contributed by atoms with Crippen molar-refractivity contribution in [3.8, 4) is 0 Å². The van der Waals surface area contributed by atoms with Crippen LogP contribution in [0.5, 0.6) is 0 Å². The third-order valence-electron chi connectivity index (χ3n) is 2.22. The van der Waals surface area contributed by atoms with Crippen molar-refractivity contribution >= 4 is 11.5 Å². The number of carbonyl (C=O) groups is 1. The summed E-state index contributed by atoms with van der Waals surface area (Å²) in [6.07, 6.45) is 1.09. The highest BCUT2D eigenvalue weighted by Crippen LogP contribution is 2.09. The Morgan fingerprint density at radius 1 is 1.20 bits per heavy atom. The fourth-order valence-corrected chi connectivity index (χ4v) is 1.32. The van der Waals surface area contributed by atoms with Gasteiger partial charge in [-0.3, -0.25) is 4.79 Å². The zero-order chi connectivity index (χ0) is 11.1. The number of benzene rings is 1. The Kier molecular flexibility index (Phi) is 4.84. The van der Waals surface area contributed by atoms with Crippen LogP contribution in [0.4, 0.5) is 5.69 Å². The number of anilines is 1. The second kappa shape index (κ2) is 6.19. The molecule has 0 spiro atoms. The summed E-state index contributed by atoms with van der Waals surface area (Å²) in [4.78, 5) is 11.0. The standard InChI is InChI=1S/C12H18N2O/c1-10(15)11-4-6-12(7-5-11)14-9-3-8-13-2/h4-7,13-14H,3,8-9H2,1-2H3. The lowest BCUT2D eigenvalue weighted by atomic mass is 10.1. The third kappa shape index (κ3) is 4.13. The molecule has 1 rings (SSSR count). The fourth-order valence-electron chi connectivity index (χ4n) is 1.32. The molecule has 82 valence electrons. The largest absolute Gasteiger partial charge is 0.385 e. The van der Waals surface area contributed by atoms with E-state index in [0.717, 1.165) is 30.8 Å². The highest BCUT2D eigenvalue weighted by atomic mass is 16.1. The molecule has 0 fully saturated rings. The summed E-state index contributed by atoms with van der Waals surface area (Å²) in [6, 6.07) is 7.58. The molecule has 0 amide bonds. The van der Waals surface area contributed by atoms with Crippen molar-refractivity contribution in [2.45, 2.75) is 13.3 Å². The second-order valence-electron chi connectivity index (χ2n) is 3.52. The first-order valence-electron chi connectivity index (χ1n) is 5.23. The lowest BCUT2D eigenvalue weighted by Crippen LogP contribution is -2.12. The number of ketones is 1. The summed E-state index contributed by atoms with van der Waals surface area (Å²) in [5, 5.41) is 6.39. The summed E-state index contributed by atoms with van der Waals surface area (Å²) in [6.45, 7) is 3.54. The molecule has 1 aromatic carbocycles. The summed E-state index contributed by atoms with van der Waals surface area (Å²) in [5.74, 6) is 0.108. The Morgan fingerprint density at radius 2 is 1.87 bits per heavy atom. The molecule has 0 saturated heterocycles. The van der Waals surface area contributed by atoms with Gasteiger partial charge in [0.15, 0.2) is 5.78 Å². The molecule has 0 aromatic heterocycles. The molecule has 3 heteroatoms. The Hall–Kier alpha value is -1.35. The van der Waals surface area contributed by atoms with Crippen LogP contribution >= 0.6 is 0 Å². The van der Waals surface area contributed by atoms with Crippen molar-refractivity contribution in [3.63, 3.8) is 0 Å². The SMILES string of the molecule is CNCCCNc1ccc(C(C)=O)cc1. The molecule has 2 N–H and O–H groups in total. The number of nitrogens with one attached hydrogen (secondary N) is 2. The lowest BCUT2D eigenvalue weighted by Gasteiger charge is -2.06. The van der Waals surface area contributed by atoms with Gasteiger partial charge in [0.2, 0.25) is 0 Å². The van der Waals surface area contributed by atoms with Gasteiger partial charge in [0, 0.05) is 17.8 Å². The fraction of sp³-hybridized carbons (Fsp3) is 0.417. The van der Waals surface area contributed by atoms with Gasteiger partial charge in [-0.05, 0) is 51.2 Å². The van der Waals surface area contributed by atoms with Gasteiger partial charge in [-0.2, -0.15) is 0 Å². The van der Waals surface area contributed by atoms with Gasteiger partial charge in [0.05, 0.1) is 0 Å². The quantitative estimate of drug-likeness (QED) is 0.552. The zero-order valence-corrected chi connectivity index (χ0v) is 9.34. The van der Waals surface area contributed by atoms with E-state index >= 15 is 0 Å². The first-order valence-corrected chi connectivity index (χ1v) is 5.23. The van der Waals surface area contributed by atoms with Gasteiger partial charge < -0.3 is 10.6 Å². The molecule has 0 bridgehead atoms. The average molecular weight is 206 g/mol. The molecule has 15 heavy (non-hydrogen) atoms. The second-order valence-corrected chi connectivity index (χ2v) is 3.52. The first kappa shape index (κ1) is 11.7. The van der Waals surface area contributed by atoms with E-state index in [0.29, 0.717) is 0 Å². The van der Waals surface area contributed by atoms with Crippen molar-refractivity contribution in [2.75, 3.05) is 25.5 Å². The van der Waals surface area contributed by atoms with E-state index in [4.69, 9.17) is 0 Å². The minimum atomic E-state index is 0.108. The van der Waals surface area contributed by atoms with Crippen molar-refractivity contribution in [3.05, 3.63) is 29.8 Å². The third-order valence-corrected chi connectivity index (χ3v) is 2.22. The zero-order valence-electron chi connectivity index (χ0n) is 9.34. The molecule has 0 aliphatic carbocycles. The van der Waals surface area contributed by atoms with Gasteiger partial charge in [0.25, 0.3) is 0 Å². The molecule has 0 unspecified atom stereocenters. The topological polar surface area (TPSA) is 41.1 Å². The molecule has 0 aliphatic heterocycles. The number of hydrogen-bond donors (Lipinski definition) is 2. The van der Waals surface area contributed by atoms with E-state index in [1.165, 1.54) is 0 Å². The van der Waals surface area contributed by atoms with E-state index in [-0.39, 0.29) is 5.78 Å². The smallest absolute Gasteiger partial charge is 0.159 e. The van der Waals surface area contributed by atoms with Crippen LogP contribution in [0.3, 0.4) is 0 Å². The number of rotatable bonds is 6. The van der Waals surface area contributed by atoms with E-state index in [1.54, 1.807) is 6.92 Å².